The predicted octanol–water partition coefficient (Wildman–Crippen LogP) is 12.8. The third kappa shape index (κ3) is 3.59. The molecule has 2 heteroatoms. The van der Waals surface area contributed by atoms with Gasteiger partial charge in [-0.05, 0) is 61.1 Å². The van der Waals surface area contributed by atoms with Crippen LogP contribution in [0.5, 0.6) is 0 Å². The van der Waals surface area contributed by atoms with Crippen LogP contribution >= 0.6 is 0 Å². The third-order valence-corrected chi connectivity index (χ3v) is 9.46. The first-order chi connectivity index (χ1) is 22.8. The molecule has 8 aromatic carbocycles. The fourth-order valence-corrected chi connectivity index (χ4v) is 7.52. The van der Waals surface area contributed by atoms with Crippen molar-refractivity contribution in [2.75, 3.05) is 0 Å². The minimum Gasteiger partial charge on any atom is -0.456 e. The molecule has 10 aromatic rings. The van der Waals surface area contributed by atoms with Crippen LogP contribution < -0.4 is 0 Å². The lowest BCUT2D eigenvalue weighted by atomic mass is 9.83. The van der Waals surface area contributed by atoms with Crippen molar-refractivity contribution in [1.29, 1.82) is 0 Å². The molecule has 0 fully saturated rings. The van der Waals surface area contributed by atoms with E-state index in [9.17, 15) is 0 Å². The predicted molar refractivity (Wildman–Crippen MR) is 192 cm³/mol. The summed E-state index contributed by atoms with van der Waals surface area (Å²) in [6.07, 6.45) is 0. The van der Waals surface area contributed by atoms with Crippen LogP contribution in [0.3, 0.4) is 0 Å². The average Bonchev–Trinajstić information content (AvgIpc) is 3.71. The van der Waals surface area contributed by atoms with Crippen LogP contribution in [0.4, 0.5) is 0 Å². The third-order valence-electron chi connectivity index (χ3n) is 9.46. The molecule has 0 amide bonds. The summed E-state index contributed by atoms with van der Waals surface area (Å²) in [6.45, 7) is 0. The highest BCUT2D eigenvalue weighted by molar-refractivity contribution is 6.30. The molecule has 0 spiro atoms. The largest absolute Gasteiger partial charge is 0.456 e. The molecule has 46 heavy (non-hydrogen) atoms. The lowest BCUT2D eigenvalue weighted by Crippen LogP contribution is -1.92. The quantitative estimate of drug-likeness (QED) is 0.193. The van der Waals surface area contributed by atoms with E-state index in [0.717, 1.165) is 49.8 Å². The summed E-state index contributed by atoms with van der Waals surface area (Å²) in [7, 11) is 0. The maximum Gasteiger partial charge on any atom is 0.139 e. The van der Waals surface area contributed by atoms with E-state index < -0.39 is 0 Å². The van der Waals surface area contributed by atoms with Gasteiger partial charge in [-0.15, -0.1) is 0 Å². The highest BCUT2D eigenvalue weighted by atomic mass is 16.3. The van der Waals surface area contributed by atoms with Crippen molar-refractivity contribution in [3.05, 3.63) is 158 Å². The zero-order valence-electron chi connectivity index (χ0n) is 24.8. The van der Waals surface area contributed by atoms with Crippen LogP contribution in [-0.2, 0) is 0 Å². The van der Waals surface area contributed by atoms with E-state index in [1.807, 2.05) is 12.1 Å². The van der Waals surface area contributed by atoms with Gasteiger partial charge in [0.2, 0.25) is 0 Å². The number of hydrogen-bond acceptors (Lipinski definition) is 2. The Morgan fingerprint density at radius 1 is 0.326 bits per heavy atom. The normalized spacial score (nSPS) is 11.9. The summed E-state index contributed by atoms with van der Waals surface area (Å²) in [4.78, 5) is 0. The van der Waals surface area contributed by atoms with E-state index >= 15 is 0 Å². The van der Waals surface area contributed by atoms with Gasteiger partial charge in [-0.2, -0.15) is 0 Å². The zero-order valence-corrected chi connectivity index (χ0v) is 24.8. The molecule has 0 atom stereocenters. The van der Waals surface area contributed by atoms with Crippen molar-refractivity contribution in [3.8, 4) is 33.6 Å². The van der Waals surface area contributed by atoms with Crippen LogP contribution in [0, 0.1) is 0 Å². The molecule has 10 rings (SSSR count). The zero-order chi connectivity index (χ0) is 30.2. The standard InChI is InChI=1S/C44H26O2/c1-2-14-28(15-3-1)38-25-36-39(46-38)26-40-43(35-22-10-11-24-37(35)45-40)44(36)42-33-20-8-6-18-31(33)41(32-19-7-9-21-34(32)42)30-23-12-16-27-13-4-5-17-29(27)30/h1-26H. The Labute approximate surface area is 264 Å². The monoisotopic (exact) mass is 586 g/mol. The number of furan rings is 2. The summed E-state index contributed by atoms with van der Waals surface area (Å²) in [6, 6.07) is 56.0. The van der Waals surface area contributed by atoms with E-state index in [2.05, 4.69) is 146 Å². The first-order valence-corrected chi connectivity index (χ1v) is 15.7. The molecule has 0 saturated heterocycles. The average molecular weight is 587 g/mol. The van der Waals surface area contributed by atoms with E-state index in [-0.39, 0.29) is 0 Å². The maximum atomic E-state index is 6.63. The van der Waals surface area contributed by atoms with Crippen LogP contribution in [0.25, 0.3) is 98.8 Å². The van der Waals surface area contributed by atoms with Crippen molar-refractivity contribution in [2.24, 2.45) is 0 Å². The Kier molecular flexibility index (Phi) is 5.31. The highest BCUT2D eigenvalue weighted by Gasteiger charge is 2.24. The van der Waals surface area contributed by atoms with Gasteiger partial charge in [-0.3, -0.25) is 0 Å². The second-order valence-corrected chi connectivity index (χ2v) is 12.0. The topological polar surface area (TPSA) is 26.3 Å². The second-order valence-electron chi connectivity index (χ2n) is 12.0. The molecule has 0 aliphatic heterocycles. The molecule has 0 radical (unpaired) electrons. The number of para-hydroxylation sites is 1. The van der Waals surface area contributed by atoms with Gasteiger partial charge in [0.1, 0.15) is 22.5 Å². The van der Waals surface area contributed by atoms with Crippen molar-refractivity contribution in [2.45, 2.75) is 0 Å². The lowest BCUT2D eigenvalue weighted by Gasteiger charge is -2.19. The summed E-state index contributed by atoms with van der Waals surface area (Å²) < 4.78 is 13.2. The SMILES string of the molecule is c1ccc(-c2cc3c(-c4c5ccccc5c(-c5cccc6ccccc56)c5ccccc45)c4c(cc3o2)oc2ccccc24)cc1. The van der Waals surface area contributed by atoms with Crippen LogP contribution in [0.1, 0.15) is 0 Å². The first-order valence-electron chi connectivity index (χ1n) is 15.7. The van der Waals surface area contributed by atoms with Gasteiger partial charge in [-0.1, -0.05) is 140 Å². The van der Waals surface area contributed by atoms with E-state index in [0.29, 0.717) is 0 Å². The Morgan fingerprint density at radius 3 is 1.65 bits per heavy atom. The Hall–Kier alpha value is -6.12. The van der Waals surface area contributed by atoms with E-state index in [1.165, 1.54) is 49.0 Å². The van der Waals surface area contributed by atoms with Gasteiger partial charge < -0.3 is 8.83 Å². The molecule has 0 aliphatic rings. The van der Waals surface area contributed by atoms with Crippen LogP contribution in [0.2, 0.25) is 0 Å². The molecule has 0 unspecified atom stereocenters. The Morgan fingerprint density at radius 2 is 0.913 bits per heavy atom. The molecule has 214 valence electrons. The first kappa shape index (κ1) is 25.2. The number of hydrogen-bond donors (Lipinski definition) is 0. The van der Waals surface area contributed by atoms with Gasteiger partial charge in [0.05, 0.1) is 0 Å². The minimum atomic E-state index is 0.812. The van der Waals surface area contributed by atoms with E-state index in [4.69, 9.17) is 8.83 Å². The number of benzene rings is 8. The van der Waals surface area contributed by atoms with Gasteiger partial charge in [0.15, 0.2) is 0 Å². The number of fused-ring (bicyclic) bond motifs is 7. The molecular weight excluding hydrogens is 560 g/mol. The van der Waals surface area contributed by atoms with Gasteiger partial charge in [0.25, 0.3) is 0 Å². The van der Waals surface area contributed by atoms with Crippen LogP contribution in [0.15, 0.2) is 167 Å². The molecule has 0 N–H and O–H groups in total. The van der Waals surface area contributed by atoms with Gasteiger partial charge in [0, 0.05) is 33.4 Å². The van der Waals surface area contributed by atoms with Gasteiger partial charge in [-0.25, -0.2) is 0 Å². The fraction of sp³-hybridized carbons (Fsp3) is 0. The smallest absolute Gasteiger partial charge is 0.139 e. The van der Waals surface area contributed by atoms with Crippen LogP contribution in [-0.4, -0.2) is 0 Å². The number of rotatable bonds is 3. The Balaban J connectivity index is 1.42. The highest BCUT2D eigenvalue weighted by Crippen LogP contribution is 2.51. The summed E-state index contributed by atoms with van der Waals surface area (Å²) in [5.41, 5.74) is 8.38. The Bertz CT molecular complexity index is 2740. The van der Waals surface area contributed by atoms with Gasteiger partial charge >= 0.3 is 0 Å². The lowest BCUT2D eigenvalue weighted by molar-refractivity contribution is 0.628. The molecule has 2 nitrogen and oxygen atoms in total. The second kappa shape index (κ2) is 9.69. The molecule has 0 bridgehead atoms. The molecule has 2 heterocycles. The maximum absolute atomic E-state index is 6.63. The molecule has 2 aromatic heterocycles. The molecule has 0 saturated carbocycles. The van der Waals surface area contributed by atoms with Crippen molar-refractivity contribution in [1.82, 2.24) is 0 Å². The van der Waals surface area contributed by atoms with E-state index in [1.54, 1.807) is 0 Å². The molecular formula is C44H26O2. The minimum absolute atomic E-state index is 0.812. The summed E-state index contributed by atoms with van der Waals surface area (Å²) >= 11 is 0. The fourth-order valence-electron chi connectivity index (χ4n) is 7.52. The van der Waals surface area contributed by atoms with Crippen molar-refractivity contribution >= 4 is 65.2 Å². The summed E-state index contributed by atoms with van der Waals surface area (Å²) in [5.74, 6) is 0.842. The molecule has 0 aliphatic carbocycles. The van der Waals surface area contributed by atoms with Crippen molar-refractivity contribution < 1.29 is 8.83 Å². The summed E-state index contributed by atoms with van der Waals surface area (Å²) in [5, 5.41) is 10.6. The van der Waals surface area contributed by atoms with Crippen molar-refractivity contribution in [3.63, 3.8) is 0 Å².